The van der Waals surface area contributed by atoms with Gasteiger partial charge in [0.2, 0.25) is 5.91 Å². The molecule has 4 heteroatoms. The van der Waals surface area contributed by atoms with Crippen LogP contribution in [0.15, 0.2) is 28.7 Å². The molecule has 0 spiro atoms. The van der Waals surface area contributed by atoms with Gasteiger partial charge in [-0.3, -0.25) is 9.59 Å². The van der Waals surface area contributed by atoms with E-state index >= 15 is 0 Å². The van der Waals surface area contributed by atoms with Crippen molar-refractivity contribution in [3.8, 4) is 0 Å². The molecule has 3 nitrogen and oxygen atoms in total. The fraction of sp³-hybridized carbons (Fsp3) is 0.333. The van der Waals surface area contributed by atoms with Crippen molar-refractivity contribution in [3.63, 3.8) is 0 Å². The first-order valence-electron chi connectivity index (χ1n) is 5.08. The summed E-state index contributed by atoms with van der Waals surface area (Å²) in [5.74, 6) is -0.317. The lowest BCUT2D eigenvalue weighted by atomic mass is 10.1. The van der Waals surface area contributed by atoms with Gasteiger partial charge in [-0.2, -0.15) is 0 Å². The first-order valence-corrected chi connectivity index (χ1v) is 5.88. The number of amides is 1. The van der Waals surface area contributed by atoms with Crippen molar-refractivity contribution in [1.82, 2.24) is 5.32 Å². The number of halogens is 1. The van der Waals surface area contributed by atoms with Crippen LogP contribution in [-0.4, -0.2) is 18.2 Å². The van der Waals surface area contributed by atoms with Crippen LogP contribution >= 0.6 is 15.9 Å². The molecule has 1 aromatic rings. The van der Waals surface area contributed by atoms with Crippen LogP contribution in [0.3, 0.4) is 0 Å². The molecule has 0 saturated carbocycles. The molecule has 0 atom stereocenters. The van der Waals surface area contributed by atoms with Crippen molar-refractivity contribution < 1.29 is 9.59 Å². The molecule has 0 unspecified atom stereocenters. The van der Waals surface area contributed by atoms with E-state index in [1.165, 1.54) is 6.92 Å². The number of hydrogen-bond donors (Lipinski definition) is 1. The molecule has 0 aliphatic rings. The third kappa shape index (κ3) is 5.07. The van der Waals surface area contributed by atoms with Crippen molar-refractivity contribution in [1.29, 1.82) is 0 Å². The first-order chi connectivity index (χ1) is 7.58. The Hall–Kier alpha value is -1.16. The Kier molecular flexibility index (Phi) is 5.19. The Bertz CT molecular complexity index is 390. The smallest absolute Gasteiger partial charge is 0.227 e. The fourth-order valence-electron chi connectivity index (χ4n) is 1.33. The van der Waals surface area contributed by atoms with Gasteiger partial charge in [-0.25, -0.2) is 0 Å². The van der Waals surface area contributed by atoms with Gasteiger partial charge in [0.05, 0.1) is 6.42 Å². The van der Waals surface area contributed by atoms with E-state index in [4.69, 9.17) is 0 Å². The largest absolute Gasteiger partial charge is 0.355 e. The number of carbonyl (C=O) groups excluding carboxylic acids is 2. The summed E-state index contributed by atoms with van der Waals surface area (Å²) < 4.78 is 1.03. The maximum atomic E-state index is 11.2. The maximum absolute atomic E-state index is 11.2. The van der Waals surface area contributed by atoms with Crippen LogP contribution in [-0.2, 0) is 16.0 Å². The summed E-state index contributed by atoms with van der Waals surface area (Å²) >= 11 is 3.38. The van der Waals surface area contributed by atoms with Crippen LogP contribution in [0.2, 0.25) is 0 Å². The van der Waals surface area contributed by atoms with Crippen LogP contribution in [0.5, 0.6) is 0 Å². The Morgan fingerprint density at radius 3 is 2.75 bits per heavy atom. The van der Waals surface area contributed by atoms with Gasteiger partial charge < -0.3 is 5.32 Å². The SMILES string of the molecule is CC(=O)CC(=O)NCCc1cccc(Br)c1. The molecule has 86 valence electrons. The third-order valence-electron chi connectivity index (χ3n) is 2.03. The zero-order valence-corrected chi connectivity index (χ0v) is 10.7. The lowest BCUT2D eigenvalue weighted by Gasteiger charge is -2.04. The minimum absolute atomic E-state index is 0.0293. The van der Waals surface area contributed by atoms with Gasteiger partial charge in [0.25, 0.3) is 0 Å². The van der Waals surface area contributed by atoms with E-state index in [0.29, 0.717) is 6.54 Å². The minimum Gasteiger partial charge on any atom is -0.355 e. The van der Waals surface area contributed by atoms with Gasteiger partial charge in [-0.05, 0) is 31.0 Å². The molecular weight excluding hydrogens is 270 g/mol. The van der Waals surface area contributed by atoms with Gasteiger partial charge >= 0.3 is 0 Å². The monoisotopic (exact) mass is 283 g/mol. The molecule has 0 bridgehead atoms. The second kappa shape index (κ2) is 6.43. The molecule has 16 heavy (non-hydrogen) atoms. The number of rotatable bonds is 5. The molecule has 0 saturated heterocycles. The highest BCUT2D eigenvalue weighted by Crippen LogP contribution is 2.11. The number of nitrogens with one attached hydrogen (secondary N) is 1. The quantitative estimate of drug-likeness (QED) is 0.841. The number of carbonyl (C=O) groups is 2. The van der Waals surface area contributed by atoms with Gasteiger partial charge in [0.1, 0.15) is 5.78 Å². The Morgan fingerprint density at radius 1 is 1.38 bits per heavy atom. The molecule has 0 heterocycles. The summed E-state index contributed by atoms with van der Waals surface area (Å²) in [5.41, 5.74) is 1.15. The summed E-state index contributed by atoms with van der Waals surface area (Å²) in [7, 11) is 0. The predicted molar refractivity (Wildman–Crippen MR) is 66.2 cm³/mol. The van der Waals surface area contributed by atoms with E-state index in [1.54, 1.807) is 0 Å². The number of hydrogen-bond acceptors (Lipinski definition) is 2. The molecule has 1 aromatic carbocycles. The number of benzene rings is 1. The van der Waals surface area contributed by atoms with E-state index in [9.17, 15) is 9.59 Å². The third-order valence-corrected chi connectivity index (χ3v) is 2.53. The molecular formula is C12H14BrNO2. The zero-order chi connectivity index (χ0) is 12.0. The summed E-state index contributed by atoms with van der Waals surface area (Å²) in [5, 5.41) is 2.71. The molecule has 0 radical (unpaired) electrons. The van der Waals surface area contributed by atoms with Crippen LogP contribution in [0.25, 0.3) is 0 Å². The van der Waals surface area contributed by atoms with E-state index in [2.05, 4.69) is 21.2 Å². The van der Waals surface area contributed by atoms with Gasteiger partial charge in [0, 0.05) is 11.0 Å². The second-order valence-corrected chi connectivity index (χ2v) is 4.52. The van der Waals surface area contributed by atoms with Crippen LogP contribution in [0.1, 0.15) is 18.9 Å². The van der Waals surface area contributed by atoms with Crippen molar-refractivity contribution >= 4 is 27.6 Å². The minimum atomic E-state index is -0.206. The van der Waals surface area contributed by atoms with Gasteiger partial charge in [-0.1, -0.05) is 28.1 Å². The zero-order valence-electron chi connectivity index (χ0n) is 9.13. The summed E-state index contributed by atoms with van der Waals surface area (Å²) in [6.07, 6.45) is 0.738. The standard InChI is InChI=1S/C12H14BrNO2/c1-9(15)7-12(16)14-6-5-10-3-2-4-11(13)8-10/h2-4,8H,5-7H2,1H3,(H,14,16). The highest BCUT2D eigenvalue weighted by Gasteiger charge is 2.03. The van der Waals surface area contributed by atoms with E-state index < -0.39 is 0 Å². The molecule has 0 aliphatic heterocycles. The average molecular weight is 284 g/mol. The van der Waals surface area contributed by atoms with Crippen molar-refractivity contribution in [3.05, 3.63) is 34.3 Å². The van der Waals surface area contributed by atoms with Crippen molar-refractivity contribution in [2.24, 2.45) is 0 Å². The molecule has 1 N–H and O–H groups in total. The maximum Gasteiger partial charge on any atom is 0.227 e. The molecule has 0 aromatic heterocycles. The Morgan fingerprint density at radius 2 is 2.12 bits per heavy atom. The summed E-state index contributed by atoms with van der Waals surface area (Å²) in [6.45, 7) is 1.97. The molecule has 0 aliphatic carbocycles. The predicted octanol–water partition coefficient (Wildman–Crippen LogP) is 2.09. The molecule has 1 rings (SSSR count). The van der Waals surface area contributed by atoms with E-state index in [1.807, 2.05) is 24.3 Å². The normalized spacial score (nSPS) is 9.88. The lowest BCUT2D eigenvalue weighted by molar-refractivity contribution is -0.127. The Balaban J connectivity index is 2.30. The van der Waals surface area contributed by atoms with E-state index in [0.717, 1.165) is 16.5 Å². The van der Waals surface area contributed by atoms with Gasteiger partial charge in [-0.15, -0.1) is 0 Å². The average Bonchev–Trinajstić information content (AvgIpc) is 2.16. The number of Topliss-reactive ketones (excluding diaryl/α,β-unsaturated/α-hetero) is 1. The topological polar surface area (TPSA) is 46.2 Å². The van der Waals surface area contributed by atoms with Crippen LogP contribution < -0.4 is 5.32 Å². The van der Waals surface area contributed by atoms with Crippen molar-refractivity contribution in [2.75, 3.05) is 6.54 Å². The highest BCUT2D eigenvalue weighted by molar-refractivity contribution is 9.10. The lowest BCUT2D eigenvalue weighted by Crippen LogP contribution is -2.27. The van der Waals surface area contributed by atoms with Gasteiger partial charge in [0.15, 0.2) is 0 Å². The summed E-state index contributed by atoms with van der Waals surface area (Å²) in [4.78, 5) is 21.8. The highest BCUT2D eigenvalue weighted by atomic mass is 79.9. The summed E-state index contributed by atoms with van der Waals surface area (Å²) in [6, 6.07) is 7.92. The Labute approximate surface area is 103 Å². The second-order valence-electron chi connectivity index (χ2n) is 3.61. The fourth-order valence-corrected chi connectivity index (χ4v) is 1.77. The first kappa shape index (κ1) is 12.9. The molecule has 0 fully saturated rings. The van der Waals surface area contributed by atoms with E-state index in [-0.39, 0.29) is 18.1 Å². The molecule has 1 amide bonds. The van der Waals surface area contributed by atoms with Crippen LogP contribution in [0.4, 0.5) is 0 Å². The number of ketones is 1. The van der Waals surface area contributed by atoms with Crippen LogP contribution in [0, 0.1) is 0 Å². The van der Waals surface area contributed by atoms with Crippen molar-refractivity contribution in [2.45, 2.75) is 19.8 Å².